The van der Waals surface area contributed by atoms with Crippen LogP contribution in [-0.2, 0) is 32.7 Å². The van der Waals surface area contributed by atoms with Crippen molar-refractivity contribution in [3.05, 3.63) is 122 Å². The first-order chi connectivity index (χ1) is 49.0. The standard InChI is InChI=1S/C90H160NO8P/c1-6-8-10-12-14-16-18-20-22-24-26-28-30-32-34-36-38-40-42-43-44-45-46-47-49-51-53-55-57-59-61-63-65-67-69-71-73-75-77-79-81-83-90(93)99-88(87-98-100(94,95)97-85-84-91(3,4)5)86-96-89(92)82-80-78-76-74-72-70-68-66-64-62-60-58-56-54-52-50-48-41-39-37-35-33-31-29-27-25-23-21-19-17-15-13-11-9-7-2/h8,10,14,16,20,22,25-28,32,34,38,40,43-44,46-47,51,53,88H,6-7,9,11-13,15,17-19,21,23-24,29-31,33,35-37,39,41-42,45,48-50,52,54-87H2,1-5H3/p+1/b10-8-,16-14-,22-20-,27-25-,28-26-,34-32-,40-38-,44-43-,47-46-,53-51-. The zero-order valence-electron chi connectivity index (χ0n) is 66.2. The number of quaternary nitrogens is 1. The van der Waals surface area contributed by atoms with Crippen LogP contribution < -0.4 is 0 Å². The number of phosphoric ester groups is 1. The molecule has 0 rings (SSSR count). The summed E-state index contributed by atoms with van der Waals surface area (Å²) in [6, 6.07) is 0. The molecule has 0 spiro atoms. The number of ether oxygens (including phenoxy) is 2. The third kappa shape index (κ3) is 83.4. The quantitative estimate of drug-likeness (QED) is 0.0211. The fourth-order valence-corrected chi connectivity index (χ4v) is 12.8. The Balaban J connectivity index is 3.96. The normalized spacial score (nSPS) is 13.6. The largest absolute Gasteiger partial charge is 0.472 e. The monoisotopic (exact) mass is 1420 g/mol. The summed E-state index contributed by atoms with van der Waals surface area (Å²) >= 11 is 0. The van der Waals surface area contributed by atoms with Crippen LogP contribution in [0, 0.1) is 0 Å². The van der Waals surface area contributed by atoms with Crippen molar-refractivity contribution in [1.82, 2.24) is 0 Å². The van der Waals surface area contributed by atoms with Gasteiger partial charge in [-0.05, 0) is 109 Å². The van der Waals surface area contributed by atoms with Gasteiger partial charge in [0.2, 0.25) is 0 Å². The van der Waals surface area contributed by atoms with Crippen LogP contribution in [0.2, 0.25) is 0 Å². The molecule has 0 aliphatic heterocycles. The molecule has 0 fully saturated rings. The van der Waals surface area contributed by atoms with Gasteiger partial charge in [-0.15, -0.1) is 0 Å². The number of hydrogen-bond donors (Lipinski definition) is 1. The van der Waals surface area contributed by atoms with Crippen molar-refractivity contribution in [2.75, 3.05) is 47.5 Å². The van der Waals surface area contributed by atoms with Crippen molar-refractivity contribution in [3.63, 3.8) is 0 Å². The maximum absolute atomic E-state index is 12.9. The van der Waals surface area contributed by atoms with Crippen molar-refractivity contribution in [3.8, 4) is 0 Å². The average molecular weight is 1420 g/mol. The highest BCUT2D eigenvalue weighted by molar-refractivity contribution is 7.47. The summed E-state index contributed by atoms with van der Waals surface area (Å²) in [5.74, 6) is -0.786. The Morgan fingerprint density at radius 2 is 0.570 bits per heavy atom. The fourth-order valence-electron chi connectivity index (χ4n) is 12.1. The number of carbonyl (C=O) groups excluding carboxylic acids is 2. The Morgan fingerprint density at radius 3 is 0.860 bits per heavy atom. The average Bonchev–Trinajstić information content (AvgIpc) is 1.30. The molecule has 2 atom stereocenters. The van der Waals surface area contributed by atoms with Crippen LogP contribution in [0.4, 0.5) is 0 Å². The molecule has 1 N–H and O–H groups in total. The molecular formula is C90H161NO8P+. The van der Waals surface area contributed by atoms with Crippen LogP contribution in [0.5, 0.6) is 0 Å². The third-order valence-corrected chi connectivity index (χ3v) is 19.5. The van der Waals surface area contributed by atoms with E-state index in [0.29, 0.717) is 17.4 Å². The highest BCUT2D eigenvalue weighted by atomic mass is 31.2. The Morgan fingerprint density at radius 1 is 0.320 bits per heavy atom. The van der Waals surface area contributed by atoms with E-state index in [9.17, 15) is 19.0 Å². The third-order valence-electron chi connectivity index (χ3n) is 18.5. The molecule has 100 heavy (non-hydrogen) atoms. The first kappa shape index (κ1) is 96.4. The number of unbranched alkanes of at least 4 members (excludes halogenated alkanes) is 44. The number of allylic oxidation sites excluding steroid dienone is 20. The van der Waals surface area contributed by atoms with Crippen LogP contribution >= 0.6 is 7.82 Å². The highest BCUT2D eigenvalue weighted by Gasteiger charge is 2.27. The van der Waals surface area contributed by atoms with Gasteiger partial charge in [-0.3, -0.25) is 18.6 Å². The molecule has 0 saturated heterocycles. The summed E-state index contributed by atoms with van der Waals surface area (Å²) in [6.45, 7) is 4.36. The van der Waals surface area contributed by atoms with Crippen molar-refractivity contribution in [2.45, 2.75) is 392 Å². The molecule has 578 valence electrons. The molecular weight excluding hydrogens is 1250 g/mol. The van der Waals surface area contributed by atoms with Crippen molar-refractivity contribution < 1.29 is 42.1 Å². The van der Waals surface area contributed by atoms with E-state index in [0.717, 1.165) is 96.3 Å². The Labute approximate surface area is 619 Å². The smallest absolute Gasteiger partial charge is 0.462 e. The lowest BCUT2D eigenvalue weighted by Crippen LogP contribution is -2.37. The van der Waals surface area contributed by atoms with Crippen LogP contribution in [0.3, 0.4) is 0 Å². The first-order valence-corrected chi connectivity index (χ1v) is 43.8. The number of likely N-dealkylation sites (N-methyl/N-ethyl adjacent to an activating group) is 1. The molecule has 0 aliphatic rings. The van der Waals surface area contributed by atoms with Gasteiger partial charge in [0.1, 0.15) is 19.8 Å². The topological polar surface area (TPSA) is 108 Å². The molecule has 9 nitrogen and oxygen atoms in total. The Bertz CT molecular complexity index is 2110. The molecule has 0 saturated carbocycles. The summed E-state index contributed by atoms with van der Waals surface area (Å²) in [7, 11) is 1.48. The van der Waals surface area contributed by atoms with E-state index >= 15 is 0 Å². The maximum atomic E-state index is 12.9. The van der Waals surface area contributed by atoms with Crippen molar-refractivity contribution >= 4 is 19.8 Å². The van der Waals surface area contributed by atoms with Crippen LogP contribution in [-0.4, -0.2) is 74.9 Å². The number of rotatable bonds is 78. The van der Waals surface area contributed by atoms with Gasteiger partial charge in [0, 0.05) is 12.8 Å². The second kappa shape index (κ2) is 79.5. The molecule has 0 heterocycles. The molecule has 10 heteroatoms. The Kier molecular flexibility index (Phi) is 76.7. The van der Waals surface area contributed by atoms with Gasteiger partial charge in [-0.2, -0.15) is 0 Å². The SMILES string of the molecule is CC/C=C\C/C=C\C/C=C\C/C=C\C/C=C\C/C=C\C/C=C\C/C=C\C/C=C\CCCCCCCCCCCCCCCC(=O)OC(COC(=O)CCCCCCCCCCCCCCCCCCCCCCCCC/C=C\CCCCCCCCCC)COP(=O)(O)OCC[N+](C)(C)C. The number of carbonyl (C=O) groups is 2. The van der Waals surface area contributed by atoms with E-state index in [1.165, 1.54) is 257 Å². The molecule has 2 unspecified atom stereocenters. The van der Waals surface area contributed by atoms with Crippen LogP contribution in [0.15, 0.2) is 122 Å². The van der Waals surface area contributed by atoms with E-state index in [-0.39, 0.29) is 32.0 Å². The van der Waals surface area contributed by atoms with Gasteiger partial charge < -0.3 is 18.9 Å². The van der Waals surface area contributed by atoms with E-state index in [4.69, 9.17) is 18.5 Å². The van der Waals surface area contributed by atoms with Gasteiger partial charge in [-0.25, -0.2) is 4.57 Å². The summed E-state index contributed by atoms with van der Waals surface area (Å²) in [6.07, 6.45) is 115. The van der Waals surface area contributed by atoms with Gasteiger partial charge in [0.25, 0.3) is 0 Å². The highest BCUT2D eigenvalue weighted by Crippen LogP contribution is 2.43. The fraction of sp³-hybridized carbons (Fsp3) is 0.756. The van der Waals surface area contributed by atoms with Gasteiger partial charge in [-0.1, -0.05) is 386 Å². The zero-order valence-corrected chi connectivity index (χ0v) is 67.1. The van der Waals surface area contributed by atoms with Gasteiger partial charge >= 0.3 is 19.8 Å². The van der Waals surface area contributed by atoms with E-state index in [2.05, 4.69) is 135 Å². The number of esters is 2. The molecule has 0 aliphatic carbocycles. The summed E-state index contributed by atoms with van der Waals surface area (Å²) in [5, 5.41) is 0. The summed E-state index contributed by atoms with van der Waals surface area (Å²) in [5.41, 5.74) is 0. The van der Waals surface area contributed by atoms with E-state index < -0.39 is 26.5 Å². The zero-order chi connectivity index (χ0) is 72.5. The van der Waals surface area contributed by atoms with E-state index in [1.54, 1.807) is 0 Å². The minimum Gasteiger partial charge on any atom is -0.462 e. The molecule has 0 bridgehead atoms. The van der Waals surface area contributed by atoms with Crippen LogP contribution in [0.1, 0.15) is 386 Å². The number of nitrogens with zero attached hydrogens (tertiary/aromatic N) is 1. The predicted molar refractivity (Wildman–Crippen MR) is 436 cm³/mol. The minimum absolute atomic E-state index is 0.0294. The van der Waals surface area contributed by atoms with Gasteiger partial charge in [0.05, 0.1) is 27.7 Å². The molecule has 0 amide bonds. The number of hydrogen-bond acceptors (Lipinski definition) is 7. The summed E-state index contributed by atoms with van der Waals surface area (Å²) in [4.78, 5) is 36.0. The minimum atomic E-state index is -4.40. The molecule has 0 aromatic heterocycles. The van der Waals surface area contributed by atoms with E-state index in [1.807, 2.05) is 21.1 Å². The molecule has 0 aromatic carbocycles. The van der Waals surface area contributed by atoms with Crippen molar-refractivity contribution in [1.29, 1.82) is 0 Å². The van der Waals surface area contributed by atoms with Crippen molar-refractivity contribution in [2.24, 2.45) is 0 Å². The Hall–Kier alpha value is -3.59. The van der Waals surface area contributed by atoms with Crippen LogP contribution in [0.25, 0.3) is 0 Å². The first-order valence-electron chi connectivity index (χ1n) is 42.3. The lowest BCUT2D eigenvalue weighted by molar-refractivity contribution is -0.870. The van der Waals surface area contributed by atoms with Gasteiger partial charge in [0.15, 0.2) is 6.10 Å². The number of phosphoric acid groups is 1. The summed E-state index contributed by atoms with van der Waals surface area (Å²) < 4.78 is 34.9. The predicted octanol–water partition coefficient (Wildman–Crippen LogP) is 28.5. The maximum Gasteiger partial charge on any atom is 0.472 e. The second-order valence-corrected chi connectivity index (χ2v) is 30.9. The lowest BCUT2D eigenvalue weighted by Gasteiger charge is -2.24. The molecule has 0 radical (unpaired) electrons. The molecule has 0 aromatic rings. The second-order valence-electron chi connectivity index (χ2n) is 29.5. The lowest BCUT2D eigenvalue weighted by atomic mass is 10.0.